The molecule has 0 nitrogen and oxygen atoms in total. The molecule has 0 radical (unpaired) electrons. The molecule has 0 unspecified atom stereocenters. The van der Waals surface area contributed by atoms with Crippen LogP contribution in [0.1, 0.15) is 0 Å². The van der Waals surface area contributed by atoms with Crippen LogP contribution in [0.2, 0.25) is 58.9 Å². The van der Waals surface area contributed by atoms with E-state index in [0.29, 0.717) is 0 Å². The molecular formula is C15H28Si3. The topological polar surface area (TPSA) is 0 Å². The normalized spacial score (nSPS) is 13.3. The van der Waals surface area contributed by atoms with Gasteiger partial charge in [-0.05, 0) is 11.3 Å². The Morgan fingerprint density at radius 1 is 0.722 bits per heavy atom. The van der Waals surface area contributed by atoms with Crippen molar-refractivity contribution in [2.45, 2.75) is 58.9 Å². The van der Waals surface area contributed by atoms with Gasteiger partial charge in [0.05, 0.1) is 8.07 Å². The molecule has 0 aromatic rings. The van der Waals surface area contributed by atoms with Crippen molar-refractivity contribution in [3.8, 4) is 22.9 Å². The number of hydrogen-bond acceptors (Lipinski definition) is 0. The lowest BCUT2D eigenvalue weighted by atomic mass is 10.5. The van der Waals surface area contributed by atoms with Gasteiger partial charge in [-0.3, -0.25) is 0 Å². The predicted octanol–water partition coefficient (Wildman–Crippen LogP) is 4.55. The molecule has 0 fully saturated rings. The predicted molar refractivity (Wildman–Crippen MR) is 93.7 cm³/mol. The van der Waals surface area contributed by atoms with E-state index in [1.54, 1.807) is 0 Å². The third-order valence-corrected chi connectivity index (χ3v) is 5.70. The van der Waals surface area contributed by atoms with Crippen molar-refractivity contribution in [1.82, 2.24) is 0 Å². The number of hydrogen-bond donors (Lipinski definition) is 0. The first-order valence-electron chi connectivity index (χ1n) is 6.58. The average Bonchev–Trinajstić information content (AvgIpc) is 2.04. The summed E-state index contributed by atoms with van der Waals surface area (Å²) >= 11 is 0. The molecule has 0 aliphatic carbocycles. The van der Waals surface area contributed by atoms with E-state index < -0.39 is 24.2 Å². The molecule has 0 atom stereocenters. The Kier molecular flexibility index (Phi) is 5.94. The second-order valence-electron chi connectivity index (χ2n) is 7.83. The van der Waals surface area contributed by atoms with Crippen molar-refractivity contribution in [1.29, 1.82) is 0 Å². The fraction of sp³-hybridized carbons (Fsp3) is 0.600. The molecule has 0 amide bonds. The zero-order valence-corrected chi connectivity index (χ0v) is 16.6. The highest BCUT2D eigenvalue weighted by atomic mass is 28.3. The van der Waals surface area contributed by atoms with Crippen LogP contribution in [-0.4, -0.2) is 24.2 Å². The van der Waals surface area contributed by atoms with Crippen molar-refractivity contribution in [3.05, 3.63) is 11.3 Å². The Morgan fingerprint density at radius 3 is 1.50 bits per heavy atom. The minimum Gasteiger partial charge on any atom is -0.127 e. The molecule has 0 spiro atoms. The zero-order valence-electron chi connectivity index (χ0n) is 13.6. The van der Waals surface area contributed by atoms with Crippen LogP contribution in [0.5, 0.6) is 0 Å². The van der Waals surface area contributed by atoms with E-state index in [2.05, 4.69) is 87.9 Å². The van der Waals surface area contributed by atoms with Gasteiger partial charge in [-0.2, -0.15) is 0 Å². The number of allylic oxidation sites excluding steroid dienone is 2. The molecule has 0 saturated heterocycles. The summed E-state index contributed by atoms with van der Waals surface area (Å²) in [4.78, 5) is 0. The van der Waals surface area contributed by atoms with E-state index in [1.807, 2.05) is 0 Å². The van der Waals surface area contributed by atoms with Crippen molar-refractivity contribution >= 4 is 24.2 Å². The van der Waals surface area contributed by atoms with Crippen LogP contribution in [-0.2, 0) is 0 Å². The van der Waals surface area contributed by atoms with Gasteiger partial charge >= 0.3 is 0 Å². The Bertz CT molecular complexity index is 429. The van der Waals surface area contributed by atoms with E-state index in [-0.39, 0.29) is 0 Å². The zero-order chi connectivity index (χ0) is 14.6. The lowest BCUT2D eigenvalue weighted by Gasteiger charge is -2.15. The van der Waals surface area contributed by atoms with Crippen LogP contribution in [0.25, 0.3) is 0 Å². The molecule has 0 aromatic carbocycles. The minimum atomic E-state index is -1.36. The third kappa shape index (κ3) is 9.53. The van der Waals surface area contributed by atoms with Gasteiger partial charge in [-0.15, -0.1) is 11.1 Å². The van der Waals surface area contributed by atoms with Gasteiger partial charge in [0, 0.05) is 0 Å². The summed E-state index contributed by atoms with van der Waals surface area (Å²) in [5, 5.41) is 1.30. The lowest BCUT2D eigenvalue weighted by Crippen LogP contribution is -2.24. The van der Waals surface area contributed by atoms with Crippen LogP contribution < -0.4 is 0 Å². The van der Waals surface area contributed by atoms with Crippen LogP contribution >= 0.6 is 0 Å². The summed E-state index contributed by atoms with van der Waals surface area (Å²) in [6, 6.07) is 0. The maximum absolute atomic E-state index is 3.48. The van der Waals surface area contributed by atoms with Crippen LogP contribution in [0.4, 0.5) is 0 Å². The van der Waals surface area contributed by atoms with Crippen molar-refractivity contribution in [2.24, 2.45) is 0 Å². The van der Waals surface area contributed by atoms with Gasteiger partial charge < -0.3 is 0 Å². The average molecular weight is 293 g/mol. The first-order chi connectivity index (χ1) is 7.81. The molecule has 0 aliphatic heterocycles. The second-order valence-corrected chi connectivity index (χ2v) is 22.4. The summed E-state index contributed by atoms with van der Waals surface area (Å²) in [6.45, 7) is 20.7. The fourth-order valence-corrected chi connectivity index (χ4v) is 3.10. The van der Waals surface area contributed by atoms with E-state index >= 15 is 0 Å². The first kappa shape index (κ1) is 17.5. The molecule has 0 heterocycles. The highest BCUT2D eigenvalue weighted by Crippen LogP contribution is 2.13. The summed E-state index contributed by atoms with van der Waals surface area (Å²) in [7, 11) is -3.93. The maximum Gasteiger partial charge on any atom is 0.129 e. The van der Waals surface area contributed by atoms with Gasteiger partial charge in [0.1, 0.15) is 16.1 Å². The second kappa shape index (κ2) is 6.10. The van der Waals surface area contributed by atoms with Gasteiger partial charge in [-0.25, -0.2) is 0 Å². The SMILES string of the molecule is C[Si](C)(C)C#C/C=C(/C#C[Si](C)(C)C)[Si](C)(C)C. The molecule has 3 heteroatoms. The summed E-state index contributed by atoms with van der Waals surface area (Å²) < 4.78 is 0. The molecule has 0 saturated carbocycles. The van der Waals surface area contributed by atoms with Gasteiger partial charge in [0.25, 0.3) is 0 Å². The first-order valence-corrected chi connectivity index (χ1v) is 17.1. The largest absolute Gasteiger partial charge is 0.129 e. The van der Waals surface area contributed by atoms with E-state index in [1.165, 1.54) is 5.20 Å². The smallest absolute Gasteiger partial charge is 0.127 e. The van der Waals surface area contributed by atoms with Crippen LogP contribution in [0.15, 0.2) is 11.3 Å². The summed E-state index contributed by atoms with van der Waals surface area (Å²) in [6.07, 6.45) is 2.09. The van der Waals surface area contributed by atoms with Crippen LogP contribution in [0, 0.1) is 22.9 Å². The monoisotopic (exact) mass is 292 g/mol. The van der Waals surface area contributed by atoms with Crippen molar-refractivity contribution in [2.75, 3.05) is 0 Å². The molecule has 100 valence electrons. The molecule has 0 aromatic heterocycles. The van der Waals surface area contributed by atoms with Gasteiger partial charge in [0.2, 0.25) is 0 Å². The summed E-state index contributed by atoms with van der Waals surface area (Å²) in [5.41, 5.74) is 6.87. The maximum atomic E-state index is 3.48. The third-order valence-electron chi connectivity index (χ3n) is 2.04. The lowest BCUT2D eigenvalue weighted by molar-refractivity contribution is 1.69. The highest BCUT2D eigenvalue weighted by molar-refractivity contribution is 6.86. The Labute approximate surface area is 117 Å². The minimum absolute atomic E-state index is 1.27. The molecular weight excluding hydrogens is 264 g/mol. The molecule has 0 bridgehead atoms. The Morgan fingerprint density at radius 2 is 1.17 bits per heavy atom. The molecule has 0 N–H and O–H groups in total. The molecule has 0 rings (SSSR count). The quantitative estimate of drug-likeness (QED) is 0.491. The fourth-order valence-electron chi connectivity index (χ4n) is 1.02. The van der Waals surface area contributed by atoms with E-state index in [4.69, 9.17) is 0 Å². The Balaban J connectivity index is 5.32. The highest BCUT2D eigenvalue weighted by Gasteiger charge is 2.18. The van der Waals surface area contributed by atoms with Gasteiger partial charge in [0.15, 0.2) is 0 Å². The summed E-state index contributed by atoms with van der Waals surface area (Å²) in [5.74, 6) is 6.70. The van der Waals surface area contributed by atoms with E-state index in [0.717, 1.165) is 0 Å². The van der Waals surface area contributed by atoms with Crippen LogP contribution in [0.3, 0.4) is 0 Å². The Hall–Kier alpha value is -0.489. The number of rotatable bonds is 1. The molecule has 18 heavy (non-hydrogen) atoms. The van der Waals surface area contributed by atoms with Crippen molar-refractivity contribution in [3.63, 3.8) is 0 Å². The standard InChI is InChI=1S/C15H28Si3/c1-16(2,3)13-10-11-15(18(7,8)9)12-14-17(4,5)6/h11H,1-9H3/b15-11-. The molecule has 0 aliphatic rings. The van der Waals surface area contributed by atoms with E-state index in [9.17, 15) is 0 Å². The van der Waals surface area contributed by atoms with Gasteiger partial charge in [-0.1, -0.05) is 70.8 Å². The van der Waals surface area contributed by atoms with Crippen molar-refractivity contribution < 1.29 is 0 Å².